The first-order chi connectivity index (χ1) is 15.5. The summed E-state index contributed by atoms with van der Waals surface area (Å²) in [6.07, 6.45) is 6.87. The van der Waals surface area contributed by atoms with Crippen molar-refractivity contribution < 1.29 is 9.90 Å². The summed E-state index contributed by atoms with van der Waals surface area (Å²) < 4.78 is 1.59. The van der Waals surface area contributed by atoms with Crippen LogP contribution < -0.4 is 5.56 Å². The predicted molar refractivity (Wildman–Crippen MR) is 124 cm³/mol. The highest BCUT2D eigenvalue weighted by atomic mass is 16.4. The molecule has 5 rings (SSSR count). The van der Waals surface area contributed by atoms with Gasteiger partial charge in [-0.05, 0) is 61.0 Å². The number of carbonyl (C=O) groups is 1. The number of rotatable bonds is 5. The number of carboxylic acids is 1. The fraction of sp³-hybridized carbons (Fsp3) is 0.320. The van der Waals surface area contributed by atoms with Crippen molar-refractivity contribution in [2.45, 2.75) is 32.9 Å². The number of aromatic amines is 1. The van der Waals surface area contributed by atoms with E-state index >= 15 is 0 Å². The van der Waals surface area contributed by atoms with E-state index in [9.17, 15) is 14.7 Å². The molecule has 1 aliphatic rings. The zero-order valence-corrected chi connectivity index (χ0v) is 18.0. The number of H-pyrrole nitrogens is 1. The molecule has 2 N–H and O–H groups in total. The van der Waals surface area contributed by atoms with Gasteiger partial charge in [-0.2, -0.15) is 0 Å². The minimum atomic E-state index is -1.09. The number of aromatic nitrogens is 3. The van der Waals surface area contributed by atoms with E-state index in [1.165, 1.54) is 30.9 Å². The number of fused-ring (bicyclic) bond motifs is 2. The van der Waals surface area contributed by atoms with Crippen LogP contribution in [0.25, 0.3) is 21.7 Å². The average Bonchev–Trinajstić information content (AvgIpc) is 3.18. The lowest BCUT2D eigenvalue weighted by molar-refractivity contribution is 0.0698. The fourth-order valence-corrected chi connectivity index (χ4v) is 4.58. The van der Waals surface area contributed by atoms with Gasteiger partial charge in [0, 0.05) is 41.7 Å². The SMILES string of the molecule is CC1CCN(Cc2cc3ccc(Cn4ccc5c(C(=O)O)cncc5c4=O)cc3[nH]2)CC1. The summed E-state index contributed by atoms with van der Waals surface area (Å²) in [5, 5.41) is 11.2. The van der Waals surface area contributed by atoms with Crippen LogP contribution in [0.1, 0.15) is 41.4 Å². The van der Waals surface area contributed by atoms with Crippen LogP contribution in [-0.2, 0) is 13.1 Å². The summed E-state index contributed by atoms with van der Waals surface area (Å²) in [6, 6.07) is 10.1. The number of likely N-dealkylation sites (tertiary alicyclic amines) is 1. The molecule has 32 heavy (non-hydrogen) atoms. The van der Waals surface area contributed by atoms with Gasteiger partial charge < -0.3 is 14.7 Å². The van der Waals surface area contributed by atoms with Crippen LogP contribution in [0.2, 0.25) is 0 Å². The molecule has 7 nitrogen and oxygen atoms in total. The zero-order chi connectivity index (χ0) is 22.2. The molecule has 1 aromatic carbocycles. The van der Waals surface area contributed by atoms with Crippen molar-refractivity contribution in [3.8, 4) is 0 Å². The summed E-state index contributed by atoms with van der Waals surface area (Å²) in [5.74, 6) is -0.270. The maximum absolute atomic E-state index is 12.9. The molecule has 0 saturated carbocycles. The first kappa shape index (κ1) is 20.5. The number of nitrogens with zero attached hydrogens (tertiary/aromatic N) is 3. The molecule has 7 heteroatoms. The van der Waals surface area contributed by atoms with Gasteiger partial charge in [-0.15, -0.1) is 0 Å². The summed E-state index contributed by atoms with van der Waals surface area (Å²) in [6.45, 7) is 5.95. The predicted octanol–water partition coefficient (Wildman–Crippen LogP) is 3.86. The summed E-state index contributed by atoms with van der Waals surface area (Å²) in [7, 11) is 0. The van der Waals surface area contributed by atoms with Gasteiger partial charge in [0.05, 0.1) is 17.5 Å². The van der Waals surface area contributed by atoms with Gasteiger partial charge in [-0.1, -0.05) is 19.1 Å². The van der Waals surface area contributed by atoms with Crippen molar-refractivity contribution >= 4 is 27.6 Å². The van der Waals surface area contributed by atoms with Crippen LogP contribution in [0.15, 0.2) is 53.7 Å². The number of pyridine rings is 2. The third kappa shape index (κ3) is 3.91. The van der Waals surface area contributed by atoms with Gasteiger partial charge in [0.25, 0.3) is 5.56 Å². The first-order valence-electron chi connectivity index (χ1n) is 11.0. The molecular formula is C25H26N4O3. The maximum Gasteiger partial charge on any atom is 0.337 e. The number of hydrogen-bond donors (Lipinski definition) is 2. The fourth-order valence-electron chi connectivity index (χ4n) is 4.58. The smallest absolute Gasteiger partial charge is 0.337 e. The van der Waals surface area contributed by atoms with Crippen LogP contribution in [0.5, 0.6) is 0 Å². The van der Waals surface area contributed by atoms with Gasteiger partial charge in [-0.25, -0.2) is 4.79 Å². The lowest BCUT2D eigenvalue weighted by Crippen LogP contribution is -2.32. The molecule has 0 atom stereocenters. The second-order valence-corrected chi connectivity index (χ2v) is 8.88. The lowest BCUT2D eigenvalue weighted by Gasteiger charge is -2.29. The highest BCUT2D eigenvalue weighted by Crippen LogP contribution is 2.22. The van der Waals surface area contributed by atoms with Crippen molar-refractivity contribution in [3.05, 3.63) is 76.1 Å². The summed E-state index contributed by atoms with van der Waals surface area (Å²) >= 11 is 0. The Morgan fingerprint density at radius 3 is 2.72 bits per heavy atom. The van der Waals surface area contributed by atoms with E-state index in [0.717, 1.165) is 42.0 Å². The molecule has 4 heterocycles. The number of carboxylic acid groups (broad SMARTS) is 1. The van der Waals surface area contributed by atoms with Crippen LogP contribution in [0, 0.1) is 5.92 Å². The lowest BCUT2D eigenvalue weighted by atomic mass is 9.99. The van der Waals surface area contributed by atoms with Gasteiger partial charge in [0.15, 0.2) is 0 Å². The Morgan fingerprint density at radius 2 is 1.94 bits per heavy atom. The van der Waals surface area contributed by atoms with E-state index < -0.39 is 5.97 Å². The minimum Gasteiger partial charge on any atom is -0.478 e. The molecule has 0 spiro atoms. The Hall–Kier alpha value is -3.45. The third-order valence-electron chi connectivity index (χ3n) is 6.50. The Kier molecular flexibility index (Phi) is 5.27. The molecule has 0 amide bonds. The minimum absolute atomic E-state index is 0.0373. The van der Waals surface area contributed by atoms with Gasteiger partial charge in [0.2, 0.25) is 0 Å². The molecule has 1 saturated heterocycles. The number of piperidine rings is 1. The van der Waals surface area contributed by atoms with Gasteiger partial charge >= 0.3 is 5.97 Å². The van der Waals surface area contributed by atoms with Crippen molar-refractivity contribution in [1.29, 1.82) is 0 Å². The van der Waals surface area contributed by atoms with E-state index in [1.807, 2.05) is 6.07 Å². The molecule has 1 fully saturated rings. The van der Waals surface area contributed by atoms with E-state index in [2.05, 4.69) is 40.0 Å². The van der Waals surface area contributed by atoms with Crippen LogP contribution >= 0.6 is 0 Å². The van der Waals surface area contributed by atoms with Gasteiger partial charge in [0.1, 0.15) is 0 Å². The molecule has 4 aromatic rings. The van der Waals surface area contributed by atoms with E-state index in [4.69, 9.17) is 0 Å². The third-order valence-corrected chi connectivity index (χ3v) is 6.50. The number of nitrogens with one attached hydrogen (secondary N) is 1. The highest BCUT2D eigenvalue weighted by molar-refractivity contribution is 6.02. The molecule has 0 unspecified atom stereocenters. The molecule has 164 valence electrons. The first-order valence-corrected chi connectivity index (χ1v) is 11.0. The van der Waals surface area contributed by atoms with Crippen LogP contribution in [0.3, 0.4) is 0 Å². The quantitative estimate of drug-likeness (QED) is 0.502. The van der Waals surface area contributed by atoms with Crippen LogP contribution in [-0.4, -0.2) is 43.6 Å². The standard InChI is InChI=1S/C25H26N4O3/c1-16-4-7-28(8-5-16)15-19-11-18-3-2-17(10-23(18)27-19)14-29-9-6-20-21(24(29)30)12-26-13-22(20)25(31)32/h2-3,6,9-13,16,27H,4-5,7-8,14-15H2,1H3,(H,31,32). The van der Waals surface area contributed by atoms with Crippen molar-refractivity contribution in [2.24, 2.45) is 5.92 Å². The van der Waals surface area contributed by atoms with Crippen molar-refractivity contribution in [1.82, 2.24) is 19.4 Å². The van der Waals surface area contributed by atoms with Crippen LogP contribution in [0.4, 0.5) is 0 Å². The van der Waals surface area contributed by atoms with E-state index in [1.54, 1.807) is 16.8 Å². The monoisotopic (exact) mass is 430 g/mol. The molecule has 0 radical (unpaired) electrons. The van der Waals surface area contributed by atoms with Crippen molar-refractivity contribution in [3.63, 3.8) is 0 Å². The Morgan fingerprint density at radius 1 is 1.12 bits per heavy atom. The maximum atomic E-state index is 12.9. The Balaban J connectivity index is 1.39. The van der Waals surface area contributed by atoms with E-state index in [-0.39, 0.29) is 11.1 Å². The van der Waals surface area contributed by atoms with Gasteiger partial charge in [-0.3, -0.25) is 14.7 Å². The Bertz CT molecular complexity index is 1360. The number of hydrogen-bond acceptors (Lipinski definition) is 4. The molecular weight excluding hydrogens is 404 g/mol. The van der Waals surface area contributed by atoms with E-state index in [0.29, 0.717) is 17.3 Å². The second-order valence-electron chi connectivity index (χ2n) is 8.88. The molecule has 3 aromatic heterocycles. The van der Waals surface area contributed by atoms with Crippen molar-refractivity contribution in [2.75, 3.05) is 13.1 Å². The normalized spacial score (nSPS) is 15.5. The second kappa shape index (κ2) is 8.24. The zero-order valence-electron chi connectivity index (χ0n) is 18.0. The Labute approximate surface area is 185 Å². The molecule has 0 aliphatic carbocycles. The average molecular weight is 431 g/mol. The summed E-state index contributed by atoms with van der Waals surface area (Å²) in [4.78, 5) is 34.3. The highest BCUT2D eigenvalue weighted by Gasteiger charge is 2.17. The topological polar surface area (TPSA) is 91.2 Å². The number of aromatic carboxylic acids is 1. The largest absolute Gasteiger partial charge is 0.478 e. The number of benzene rings is 1. The molecule has 0 bridgehead atoms. The summed E-state index contributed by atoms with van der Waals surface area (Å²) in [5.41, 5.74) is 3.06. The molecule has 1 aliphatic heterocycles.